The Labute approximate surface area is 148 Å². The van der Waals surface area contributed by atoms with E-state index in [0.29, 0.717) is 19.0 Å². The van der Waals surface area contributed by atoms with Crippen molar-refractivity contribution in [3.05, 3.63) is 71.5 Å². The van der Waals surface area contributed by atoms with Gasteiger partial charge in [-0.25, -0.2) is 4.39 Å². The van der Waals surface area contributed by atoms with Crippen molar-refractivity contribution in [2.75, 3.05) is 13.1 Å². The lowest BCUT2D eigenvalue weighted by atomic mass is 9.85. The Balaban J connectivity index is 1.49. The van der Waals surface area contributed by atoms with Gasteiger partial charge in [0.2, 0.25) is 5.91 Å². The molecule has 2 aliphatic heterocycles. The van der Waals surface area contributed by atoms with Gasteiger partial charge in [-0.3, -0.25) is 9.69 Å². The van der Waals surface area contributed by atoms with Crippen molar-refractivity contribution in [1.29, 1.82) is 0 Å². The molecule has 2 aromatic carbocycles. The minimum atomic E-state index is -0.215. The highest BCUT2D eigenvalue weighted by atomic mass is 19.1. The second kappa shape index (κ2) is 6.96. The molecule has 0 spiro atoms. The highest BCUT2D eigenvalue weighted by Crippen LogP contribution is 2.31. The number of carbonyl (C=O) groups is 1. The Hall–Kier alpha value is -2.20. The number of piperidine rings is 2. The third-order valence-corrected chi connectivity index (χ3v) is 5.39. The zero-order valence-corrected chi connectivity index (χ0v) is 14.3. The van der Waals surface area contributed by atoms with Crippen LogP contribution in [-0.4, -0.2) is 34.8 Å². The van der Waals surface area contributed by atoms with Crippen molar-refractivity contribution in [2.24, 2.45) is 5.92 Å². The molecule has 1 amide bonds. The van der Waals surface area contributed by atoms with E-state index in [1.807, 2.05) is 29.2 Å². The van der Waals surface area contributed by atoms with E-state index < -0.39 is 0 Å². The van der Waals surface area contributed by atoms with E-state index in [9.17, 15) is 9.18 Å². The molecule has 0 unspecified atom stereocenters. The molecule has 0 radical (unpaired) electrons. The molecule has 0 aromatic heterocycles. The van der Waals surface area contributed by atoms with Crippen molar-refractivity contribution in [3.63, 3.8) is 0 Å². The molecule has 3 nitrogen and oxygen atoms in total. The van der Waals surface area contributed by atoms with Crippen LogP contribution >= 0.6 is 0 Å². The zero-order chi connectivity index (χ0) is 17.2. The van der Waals surface area contributed by atoms with E-state index in [-0.39, 0.29) is 17.8 Å². The summed E-state index contributed by atoms with van der Waals surface area (Å²) in [6.45, 7) is 3.09. The Kier molecular flexibility index (Phi) is 4.53. The Bertz CT molecular complexity index is 749. The lowest BCUT2D eigenvalue weighted by Crippen LogP contribution is -2.58. The molecule has 2 fully saturated rings. The topological polar surface area (TPSA) is 23.6 Å². The summed E-state index contributed by atoms with van der Waals surface area (Å²) in [6, 6.07) is 16.8. The van der Waals surface area contributed by atoms with Gasteiger partial charge in [-0.15, -0.1) is 0 Å². The number of carbonyl (C=O) groups excluding carboxylic acids is 1. The van der Waals surface area contributed by atoms with Crippen LogP contribution in [0.25, 0.3) is 0 Å². The molecule has 2 aliphatic rings. The summed E-state index contributed by atoms with van der Waals surface area (Å²) in [5.74, 6) is 0.583. The Morgan fingerprint density at radius 3 is 2.60 bits per heavy atom. The molecule has 0 aliphatic carbocycles. The number of benzene rings is 2. The van der Waals surface area contributed by atoms with Crippen molar-refractivity contribution in [3.8, 4) is 0 Å². The smallest absolute Gasteiger partial charge is 0.240 e. The van der Waals surface area contributed by atoms with Gasteiger partial charge in [-0.1, -0.05) is 42.5 Å². The predicted molar refractivity (Wildman–Crippen MR) is 95.2 cm³/mol. The second-order valence-corrected chi connectivity index (χ2v) is 7.21. The average molecular weight is 338 g/mol. The predicted octanol–water partition coefficient (Wildman–Crippen LogP) is 3.45. The summed E-state index contributed by atoms with van der Waals surface area (Å²) in [5, 5.41) is 0. The third kappa shape index (κ3) is 3.59. The van der Waals surface area contributed by atoms with Gasteiger partial charge in [0.15, 0.2) is 0 Å². The van der Waals surface area contributed by atoms with Gasteiger partial charge >= 0.3 is 0 Å². The minimum absolute atomic E-state index is 0.0699. The van der Waals surface area contributed by atoms with E-state index in [1.54, 1.807) is 12.1 Å². The van der Waals surface area contributed by atoms with Crippen LogP contribution in [0.2, 0.25) is 0 Å². The van der Waals surface area contributed by atoms with Crippen molar-refractivity contribution in [1.82, 2.24) is 9.80 Å². The second-order valence-electron chi connectivity index (χ2n) is 7.21. The van der Waals surface area contributed by atoms with Crippen LogP contribution < -0.4 is 0 Å². The van der Waals surface area contributed by atoms with Crippen LogP contribution in [0.3, 0.4) is 0 Å². The molecule has 0 N–H and O–H groups in total. The first-order valence-electron chi connectivity index (χ1n) is 9.00. The standard InChI is InChI=1S/C21H23FN2O/c22-19-8-4-7-17(11-19)14-23-10-9-18-12-20(23)21(25)24(15-18)13-16-5-2-1-3-6-16/h1-8,11,18,20H,9-10,12-15H2/t18-,20+/m0/s1. The number of likely N-dealkylation sites (tertiary alicyclic amines) is 2. The Morgan fingerprint density at radius 2 is 1.80 bits per heavy atom. The lowest BCUT2D eigenvalue weighted by molar-refractivity contribution is -0.146. The molecular weight excluding hydrogens is 315 g/mol. The van der Waals surface area contributed by atoms with Crippen LogP contribution in [0.15, 0.2) is 54.6 Å². The molecule has 2 aromatic rings. The number of hydrogen-bond donors (Lipinski definition) is 0. The normalized spacial score (nSPS) is 23.7. The summed E-state index contributed by atoms with van der Waals surface area (Å²) in [7, 11) is 0. The largest absolute Gasteiger partial charge is 0.337 e. The number of nitrogens with zero attached hydrogens (tertiary/aromatic N) is 2. The number of fused-ring (bicyclic) bond motifs is 2. The fourth-order valence-electron chi connectivity index (χ4n) is 4.13. The first kappa shape index (κ1) is 16.3. The highest BCUT2D eigenvalue weighted by Gasteiger charge is 2.40. The number of rotatable bonds is 4. The summed E-state index contributed by atoms with van der Waals surface area (Å²) in [5.41, 5.74) is 2.11. The molecule has 0 saturated carbocycles. The fourth-order valence-corrected chi connectivity index (χ4v) is 4.13. The summed E-state index contributed by atoms with van der Waals surface area (Å²) in [4.78, 5) is 17.3. The fraction of sp³-hybridized carbons (Fsp3) is 0.381. The molecule has 130 valence electrons. The van der Waals surface area contributed by atoms with Gasteiger partial charge < -0.3 is 4.90 Å². The van der Waals surface area contributed by atoms with Gasteiger partial charge in [0, 0.05) is 19.6 Å². The number of amides is 1. The molecule has 25 heavy (non-hydrogen) atoms. The average Bonchev–Trinajstić information content (AvgIpc) is 2.62. The zero-order valence-electron chi connectivity index (χ0n) is 14.3. The summed E-state index contributed by atoms with van der Waals surface area (Å²) >= 11 is 0. The summed E-state index contributed by atoms with van der Waals surface area (Å²) < 4.78 is 13.5. The third-order valence-electron chi connectivity index (χ3n) is 5.39. The molecule has 4 rings (SSSR count). The molecule has 2 saturated heterocycles. The van der Waals surface area contributed by atoms with Gasteiger partial charge in [0.1, 0.15) is 5.82 Å². The highest BCUT2D eigenvalue weighted by molar-refractivity contribution is 5.83. The molecule has 2 bridgehead atoms. The van der Waals surface area contributed by atoms with E-state index in [4.69, 9.17) is 0 Å². The first-order chi connectivity index (χ1) is 12.2. The monoisotopic (exact) mass is 338 g/mol. The van der Waals surface area contributed by atoms with Crippen LogP contribution in [0, 0.1) is 11.7 Å². The molecular formula is C21H23FN2O. The van der Waals surface area contributed by atoms with Crippen molar-refractivity contribution in [2.45, 2.75) is 32.0 Å². The SMILES string of the molecule is O=C1[C@H]2C[C@H](CCN2Cc2cccc(F)c2)CN1Cc1ccccc1. The van der Waals surface area contributed by atoms with E-state index >= 15 is 0 Å². The van der Waals surface area contributed by atoms with Gasteiger partial charge in [0.25, 0.3) is 0 Å². The van der Waals surface area contributed by atoms with Gasteiger partial charge in [-0.05, 0) is 48.6 Å². The molecule has 2 heterocycles. The molecule has 2 atom stereocenters. The Morgan fingerprint density at radius 1 is 1.00 bits per heavy atom. The number of hydrogen-bond acceptors (Lipinski definition) is 2. The lowest BCUT2D eigenvalue weighted by Gasteiger charge is -2.46. The maximum absolute atomic E-state index is 13.5. The van der Waals surface area contributed by atoms with Gasteiger partial charge in [0.05, 0.1) is 6.04 Å². The van der Waals surface area contributed by atoms with E-state index in [1.165, 1.54) is 11.6 Å². The van der Waals surface area contributed by atoms with Crippen LogP contribution in [-0.2, 0) is 17.9 Å². The van der Waals surface area contributed by atoms with Crippen molar-refractivity contribution >= 4 is 5.91 Å². The van der Waals surface area contributed by atoms with E-state index in [2.05, 4.69) is 17.0 Å². The van der Waals surface area contributed by atoms with Crippen LogP contribution in [0.1, 0.15) is 24.0 Å². The minimum Gasteiger partial charge on any atom is -0.337 e. The maximum Gasteiger partial charge on any atom is 0.240 e. The van der Waals surface area contributed by atoms with Gasteiger partial charge in [-0.2, -0.15) is 0 Å². The molecule has 4 heteroatoms. The van der Waals surface area contributed by atoms with Crippen molar-refractivity contribution < 1.29 is 9.18 Å². The van der Waals surface area contributed by atoms with Crippen LogP contribution in [0.5, 0.6) is 0 Å². The van der Waals surface area contributed by atoms with E-state index in [0.717, 1.165) is 31.5 Å². The first-order valence-corrected chi connectivity index (χ1v) is 9.00. The maximum atomic E-state index is 13.5. The quantitative estimate of drug-likeness (QED) is 0.852. The summed E-state index contributed by atoms with van der Waals surface area (Å²) in [6.07, 6.45) is 2.03. The van der Waals surface area contributed by atoms with Crippen LogP contribution in [0.4, 0.5) is 4.39 Å². The number of halogens is 1.